The van der Waals surface area contributed by atoms with E-state index in [0.29, 0.717) is 19.7 Å². The van der Waals surface area contributed by atoms with Crippen molar-refractivity contribution in [2.75, 3.05) is 26.8 Å². The van der Waals surface area contributed by atoms with Gasteiger partial charge in [0.2, 0.25) is 5.91 Å². The maximum absolute atomic E-state index is 12.0. The summed E-state index contributed by atoms with van der Waals surface area (Å²) in [4.78, 5) is 13.7. The van der Waals surface area contributed by atoms with Crippen LogP contribution in [0.25, 0.3) is 0 Å². The standard InChI is InChI=1S/C11H19N3O2/c1-11(2)8-14(6-7-16-3)10(15)9(13-11)4-5-12/h9,13H,4,6-8H2,1-3H3. The van der Waals surface area contributed by atoms with E-state index in [0.717, 1.165) is 0 Å². The highest BCUT2D eigenvalue weighted by atomic mass is 16.5. The lowest BCUT2D eigenvalue weighted by molar-refractivity contribution is -0.139. The van der Waals surface area contributed by atoms with Gasteiger partial charge in [0.25, 0.3) is 0 Å². The Kier molecular flexibility index (Phi) is 4.27. The number of hydrogen-bond acceptors (Lipinski definition) is 4. The zero-order valence-corrected chi connectivity index (χ0v) is 10.1. The highest BCUT2D eigenvalue weighted by molar-refractivity contribution is 5.83. The summed E-state index contributed by atoms with van der Waals surface area (Å²) in [7, 11) is 1.62. The highest BCUT2D eigenvalue weighted by Gasteiger charge is 2.37. The van der Waals surface area contributed by atoms with Crippen LogP contribution in [0.4, 0.5) is 0 Å². The summed E-state index contributed by atoms with van der Waals surface area (Å²) in [6.45, 7) is 5.83. The number of nitrogens with one attached hydrogen (secondary N) is 1. The van der Waals surface area contributed by atoms with Crippen LogP contribution in [0, 0.1) is 11.3 Å². The summed E-state index contributed by atoms with van der Waals surface area (Å²) in [5, 5.41) is 11.9. The van der Waals surface area contributed by atoms with Crippen molar-refractivity contribution in [3.8, 4) is 6.07 Å². The Morgan fingerprint density at radius 1 is 1.69 bits per heavy atom. The first-order chi connectivity index (χ1) is 7.50. The van der Waals surface area contributed by atoms with E-state index < -0.39 is 0 Å². The smallest absolute Gasteiger partial charge is 0.240 e. The molecule has 1 atom stereocenters. The third kappa shape index (κ3) is 3.19. The number of rotatable bonds is 4. The fourth-order valence-electron chi connectivity index (χ4n) is 1.97. The van der Waals surface area contributed by atoms with Crippen molar-refractivity contribution in [2.24, 2.45) is 0 Å². The van der Waals surface area contributed by atoms with Crippen LogP contribution < -0.4 is 5.32 Å². The number of amides is 1. The predicted molar refractivity (Wildman–Crippen MR) is 59.7 cm³/mol. The average molecular weight is 225 g/mol. The molecule has 0 radical (unpaired) electrons. The SMILES string of the molecule is COCCN1CC(C)(C)NC(CC#N)C1=O. The first-order valence-corrected chi connectivity index (χ1v) is 5.42. The summed E-state index contributed by atoms with van der Waals surface area (Å²) in [5.74, 6) is -0.00192. The van der Waals surface area contributed by atoms with Gasteiger partial charge in [-0.15, -0.1) is 0 Å². The van der Waals surface area contributed by atoms with E-state index in [1.807, 2.05) is 19.9 Å². The Morgan fingerprint density at radius 2 is 2.38 bits per heavy atom. The molecule has 0 aromatic rings. The first kappa shape index (κ1) is 12.9. The zero-order chi connectivity index (χ0) is 12.2. The maximum atomic E-state index is 12.0. The molecule has 0 spiro atoms. The monoisotopic (exact) mass is 225 g/mol. The van der Waals surface area contributed by atoms with Gasteiger partial charge in [0, 0.05) is 25.7 Å². The van der Waals surface area contributed by atoms with Gasteiger partial charge in [-0.25, -0.2) is 0 Å². The molecule has 16 heavy (non-hydrogen) atoms. The number of nitriles is 1. The second-order valence-corrected chi connectivity index (χ2v) is 4.70. The average Bonchev–Trinajstić information content (AvgIpc) is 2.21. The normalized spacial score (nSPS) is 24.2. The number of methoxy groups -OCH3 is 1. The minimum atomic E-state index is -0.384. The summed E-state index contributed by atoms with van der Waals surface area (Å²) < 4.78 is 4.98. The molecule has 0 aliphatic carbocycles. The van der Waals surface area contributed by atoms with Gasteiger partial charge in [0.1, 0.15) is 6.04 Å². The van der Waals surface area contributed by atoms with Crippen molar-refractivity contribution >= 4 is 5.91 Å². The van der Waals surface area contributed by atoms with E-state index in [1.165, 1.54) is 0 Å². The van der Waals surface area contributed by atoms with Gasteiger partial charge in [-0.3, -0.25) is 10.1 Å². The molecular weight excluding hydrogens is 206 g/mol. The van der Waals surface area contributed by atoms with E-state index in [-0.39, 0.29) is 23.9 Å². The first-order valence-electron chi connectivity index (χ1n) is 5.42. The van der Waals surface area contributed by atoms with Crippen LogP contribution in [-0.2, 0) is 9.53 Å². The largest absolute Gasteiger partial charge is 0.383 e. The van der Waals surface area contributed by atoms with Crippen LogP contribution in [0.2, 0.25) is 0 Å². The van der Waals surface area contributed by atoms with Crippen LogP contribution in [0.1, 0.15) is 20.3 Å². The van der Waals surface area contributed by atoms with Gasteiger partial charge < -0.3 is 9.64 Å². The van der Waals surface area contributed by atoms with Crippen LogP contribution >= 0.6 is 0 Å². The molecule has 90 valence electrons. The molecule has 0 aromatic heterocycles. The van der Waals surface area contributed by atoms with E-state index in [2.05, 4.69) is 5.32 Å². The summed E-state index contributed by atoms with van der Waals surface area (Å²) in [6, 6.07) is 1.66. The molecule has 5 heteroatoms. The summed E-state index contributed by atoms with van der Waals surface area (Å²) in [5.41, 5.74) is -0.150. The number of nitrogens with zero attached hydrogens (tertiary/aromatic N) is 2. The Hall–Kier alpha value is -1.12. The molecule has 1 aliphatic heterocycles. The van der Waals surface area contributed by atoms with Crippen molar-refractivity contribution in [2.45, 2.75) is 31.8 Å². The maximum Gasteiger partial charge on any atom is 0.240 e. The van der Waals surface area contributed by atoms with Crippen molar-refractivity contribution < 1.29 is 9.53 Å². The Labute approximate surface area is 96.4 Å². The third-order valence-electron chi connectivity index (χ3n) is 2.62. The Morgan fingerprint density at radius 3 is 2.94 bits per heavy atom. The van der Waals surface area contributed by atoms with Gasteiger partial charge in [-0.2, -0.15) is 5.26 Å². The molecular formula is C11H19N3O2. The lowest BCUT2D eigenvalue weighted by Crippen LogP contribution is -2.65. The van der Waals surface area contributed by atoms with Crippen molar-refractivity contribution in [1.82, 2.24) is 10.2 Å². The molecule has 5 nitrogen and oxygen atoms in total. The molecule has 1 heterocycles. The third-order valence-corrected chi connectivity index (χ3v) is 2.62. The van der Waals surface area contributed by atoms with Gasteiger partial charge in [0.05, 0.1) is 19.1 Å². The van der Waals surface area contributed by atoms with E-state index >= 15 is 0 Å². The second-order valence-electron chi connectivity index (χ2n) is 4.70. The van der Waals surface area contributed by atoms with E-state index in [9.17, 15) is 4.79 Å². The van der Waals surface area contributed by atoms with Crippen LogP contribution in [0.5, 0.6) is 0 Å². The molecule has 1 fully saturated rings. The van der Waals surface area contributed by atoms with Gasteiger partial charge in [0.15, 0.2) is 0 Å². The number of carbonyl (C=O) groups is 1. The minimum Gasteiger partial charge on any atom is -0.383 e. The number of ether oxygens (including phenoxy) is 1. The highest BCUT2D eigenvalue weighted by Crippen LogP contribution is 2.16. The molecule has 1 unspecified atom stereocenters. The van der Waals surface area contributed by atoms with E-state index in [1.54, 1.807) is 12.0 Å². The van der Waals surface area contributed by atoms with Crippen molar-refractivity contribution in [3.63, 3.8) is 0 Å². The predicted octanol–water partition coefficient (Wildman–Crippen LogP) is 0.125. The van der Waals surface area contributed by atoms with E-state index in [4.69, 9.17) is 10.00 Å². The molecule has 0 aromatic carbocycles. The fourth-order valence-corrected chi connectivity index (χ4v) is 1.97. The molecule has 1 aliphatic rings. The number of carbonyl (C=O) groups excluding carboxylic acids is 1. The molecule has 1 rings (SSSR count). The Balaban J connectivity index is 2.69. The summed E-state index contributed by atoms with van der Waals surface area (Å²) >= 11 is 0. The van der Waals surface area contributed by atoms with Crippen molar-refractivity contribution in [1.29, 1.82) is 5.26 Å². The van der Waals surface area contributed by atoms with Crippen LogP contribution in [-0.4, -0.2) is 49.2 Å². The lowest BCUT2D eigenvalue weighted by Gasteiger charge is -2.42. The van der Waals surface area contributed by atoms with Gasteiger partial charge in [-0.1, -0.05) is 0 Å². The molecule has 1 amide bonds. The zero-order valence-electron chi connectivity index (χ0n) is 10.1. The molecule has 0 bridgehead atoms. The van der Waals surface area contributed by atoms with Gasteiger partial charge in [-0.05, 0) is 13.8 Å². The van der Waals surface area contributed by atoms with Crippen LogP contribution in [0.3, 0.4) is 0 Å². The molecule has 0 saturated carbocycles. The minimum absolute atomic E-state index is 0.00192. The van der Waals surface area contributed by atoms with Crippen LogP contribution in [0.15, 0.2) is 0 Å². The quantitative estimate of drug-likeness (QED) is 0.738. The van der Waals surface area contributed by atoms with Crippen molar-refractivity contribution in [3.05, 3.63) is 0 Å². The Bertz CT molecular complexity index is 296. The molecule has 1 N–H and O–H groups in total. The second kappa shape index (κ2) is 5.28. The number of hydrogen-bond donors (Lipinski definition) is 1. The fraction of sp³-hybridized carbons (Fsp3) is 0.818. The lowest BCUT2D eigenvalue weighted by atomic mass is 9.97. The topological polar surface area (TPSA) is 65.4 Å². The molecule has 1 saturated heterocycles. The summed E-state index contributed by atoms with van der Waals surface area (Å²) in [6.07, 6.45) is 0.214. The number of piperazine rings is 1. The van der Waals surface area contributed by atoms with Gasteiger partial charge >= 0.3 is 0 Å².